The maximum atomic E-state index is 12.1. The largest absolute Gasteiger partial charge is 0.545 e. The number of aromatic carboxylic acids is 1. The number of carbonyl (C=O) groups excluding carboxylic acids is 1. The molecule has 0 fully saturated rings. The molecule has 0 aromatic heterocycles. The van der Waals surface area contributed by atoms with E-state index in [9.17, 15) is 14.1 Å². The Morgan fingerprint density at radius 1 is 1.00 bits per heavy atom. The zero-order chi connectivity index (χ0) is 13.0. The summed E-state index contributed by atoms with van der Waals surface area (Å²) in [5.41, 5.74) is 0.626. The highest BCUT2D eigenvalue weighted by Crippen LogP contribution is 2.15. The summed E-state index contributed by atoms with van der Waals surface area (Å²) >= 11 is 0. The van der Waals surface area contributed by atoms with E-state index in [0.29, 0.717) is 10.5 Å². The van der Waals surface area contributed by atoms with Gasteiger partial charge in [-0.1, -0.05) is 42.5 Å². The number of carbonyl (C=O) groups is 1. The second kappa shape index (κ2) is 5.60. The van der Waals surface area contributed by atoms with Gasteiger partial charge in [0.05, 0.1) is 22.5 Å². The van der Waals surface area contributed by atoms with Crippen molar-refractivity contribution in [2.45, 2.75) is 10.6 Å². The number of hydrogen-bond acceptors (Lipinski definition) is 3. The number of hydrogen-bond donors (Lipinski definition) is 0. The third-order valence-electron chi connectivity index (χ3n) is 2.53. The minimum absolute atomic E-state index is 0.0989. The zero-order valence-corrected chi connectivity index (χ0v) is 10.4. The standard InChI is InChI=1S/C14H12O3S/c15-14(16)13-9-5-4-6-11(13)10-18(17)12-7-2-1-3-8-12/h1-9H,10H2,(H,15,16)/p-1/t18-/m0/s1. The quantitative estimate of drug-likeness (QED) is 0.833. The molecule has 3 nitrogen and oxygen atoms in total. The third kappa shape index (κ3) is 2.84. The lowest BCUT2D eigenvalue weighted by molar-refractivity contribution is -0.255. The van der Waals surface area contributed by atoms with E-state index in [1.165, 1.54) is 6.07 Å². The summed E-state index contributed by atoms with van der Waals surface area (Å²) in [6.45, 7) is 0. The van der Waals surface area contributed by atoms with E-state index in [1.807, 2.05) is 6.07 Å². The van der Waals surface area contributed by atoms with E-state index < -0.39 is 16.8 Å². The fourth-order valence-electron chi connectivity index (χ4n) is 1.64. The molecule has 18 heavy (non-hydrogen) atoms. The number of benzene rings is 2. The van der Waals surface area contributed by atoms with Gasteiger partial charge in [-0.05, 0) is 17.7 Å². The van der Waals surface area contributed by atoms with E-state index in [4.69, 9.17) is 0 Å². The summed E-state index contributed by atoms with van der Waals surface area (Å²) in [7, 11) is -1.25. The van der Waals surface area contributed by atoms with Gasteiger partial charge >= 0.3 is 0 Å². The molecule has 92 valence electrons. The van der Waals surface area contributed by atoms with Gasteiger partial charge in [0.2, 0.25) is 0 Å². The lowest BCUT2D eigenvalue weighted by Gasteiger charge is -2.09. The van der Waals surface area contributed by atoms with Crippen molar-refractivity contribution < 1.29 is 14.1 Å². The van der Waals surface area contributed by atoms with E-state index >= 15 is 0 Å². The Kier molecular flexibility index (Phi) is 3.89. The molecule has 0 amide bonds. The summed E-state index contributed by atoms with van der Waals surface area (Å²) in [6, 6.07) is 15.4. The van der Waals surface area contributed by atoms with Crippen molar-refractivity contribution in [2.24, 2.45) is 0 Å². The Hall–Kier alpha value is -1.94. The predicted molar refractivity (Wildman–Crippen MR) is 67.3 cm³/mol. The number of rotatable bonds is 4. The Bertz CT molecular complexity index is 579. The lowest BCUT2D eigenvalue weighted by atomic mass is 10.1. The van der Waals surface area contributed by atoms with Crippen LogP contribution in [0.25, 0.3) is 0 Å². The Balaban J connectivity index is 2.25. The maximum Gasteiger partial charge on any atom is 0.0718 e. The van der Waals surface area contributed by atoms with E-state index in [-0.39, 0.29) is 11.3 Å². The van der Waals surface area contributed by atoms with E-state index in [2.05, 4.69) is 0 Å². The molecule has 0 heterocycles. The molecule has 0 bridgehead atoms. The van der Waals surface area contributed by atoms with Gasteiger partial charge in [-0.25, -0.2) is 0 Å². The minimum atomic E-state index is -1.25. The monoisotopic (exact) mass is 259 g/mol. The van der Waals surface area contributed by atoms with Crippen LogP contribution in [0.4, 0.5) is 0 Å². The van der Waals surface area contributed by atoms with Gasteiger partial charge in [0.25, 0.3) is 0 Å². The van der Waals surface area contributed by atoms with Gasteiger partial charge in [0, 0.05) is 10.5 Å². The summed E-state index contributed by atoms with van der Waals surface area (Å²) < 4.78 is 12.1. The fourth-order valence-corrected chi connectivity index (χ4v) is 2.80. The first kappa shape index (κ1) is 12.5. The molecule has 0 aliphatic rings. The van der Waals surface area contributed by atoms with Crippen molar-refractivity contribution in [1.29, 1.82) is 0 Å². The van der Waals surface area contributed by atoms with Gasteiger partial charge in [0.15, 0.2) is 0 Å². The Morgan fingerprint density at radius 2 is 1.61 bits per heavy atom. The van der Waals surface area contributed by atoms with Crippen LogP contribution < -0.4 is 5.11 Å². The first-order chi connectivity index (χ1) is 8.68. The van der Waals surface area contributed by atoms with Crippen molar-refractivity contribution in [3.05, 3.63) is 65.7 Å². The Morgan fingerprint density at radius 3 is 2.28 bits per heavy atom. The second-order valence-corrected chi connectivity index (χ2v) is 5.20. The fraction of sp³-hybridized carbons (Fsp3) is 0.0714. The van der Waals surface area contributed by atoms with Crippen molar-refractivity contribution in [2.75, 3.05) is 0 Å². The molecule has 0 aliphatic carbocycles. The first-order valence-electron chi connectivity index (χ1n) is 5.41. The highest BCUT2D eigenvalue weighted by Gasteiger charge is 2.08. The number of carboxylic acid groups (broad SMARTS) is 1. The first-order valence-corrected chi connectivity index (χ1v) is 6.73. The number of carboxylic acids is 1. The highest BCUT2D eigenvalue weighted by molar-refractivity contribution is 7.84. The molecule has 4 heteroatoms. The molecule has 0 radical (unpaired) electrons. The van der Waals surface area contributed by atoms with Crippen LogP contribution in [-0.2, 0) is 16.6 Å². The summed E-state index contributed by atoms with van der Waals surface area (Å²) in [6.07, 6.45) is 0. The molecule has 0 N–H and O–H groups in total. The SMILES string of the molecule is O=C([O-])c1ccccc1C[S@](=O)c1ccccc1. The molecular weight excluding hydrogens is 248 g/mol. The molecule has 0 unspecified atom stereocenters. The van der Waals surface area contributed by atoms with E-state index in [0.717, 1.165) is 0 Å². The molecule has 2 aromatic carbocycles. The second-order valence-electron chi connectivity index (χ2n) is 3.75. The molecular formula is C14H11O3S-. The van der Waals surface area contributed by atoms with Crippen LogP contribution in [0.5, 0.6) is 0 Å². The molecule has 0 saturated carbocycles. The van der Waals surface area contributed by atoms with Crippen molar-refractivity contribution in [1.82, 2.24) is 0 Å². The van der Waals surface area contributed by atoms with Gasteiger partial charge < -0.3 is 9.90 Å². The van der Waals surface area contributed by atoms with Gasteiger partial charge in [0.1, 0.15) is 0 Å². The van der Waals surface area contributed by atoms with Gasteiger partial charge in [-0.2, -0.15) is 0 Å². The third-order valence-corrected chi connectivity index (χ3v) is 3.90. The molecule has 0 spiro atoms. The van der Waals surface area contributed by atoms with E-state index in [1.54, 1.807) is 42.5 Å². The zero-order valence-electron chi connectivity index (χ0n) is 9.54. The van der Waals surface area contributed by atoms with Gasteiger partial charge in [-0.3, -0.25) is 4.21 Å². The van der Waals surface area contributed by atoms with Gasteiger partial charge in [-0.15, -0.1) is 0 Å². The van der Waals surface area contributed by atoms with Crippen molar-refractivity contribution in [3.63, 3.8) is 0 Å². The molecule has 1 atom stereocenters. The molecule has 0 aliphatic heterocycles. The van der Waals surface area contributed by atoms with Crippen LogP contribution >= 0.6 is 0 Å². The van der Waals surface area contributed by atoms with Crippen LogP contribution in [0.3, 0.4) is 0 Å². The van der Waals surface area contributed by atoms with Crippen molar-refractivity contribution in [3.8, 4) is 0 Å². The lowest BCUT2D eigenvalue weighted by Crippen LogP contribution is -2.24. The minimum Gasteiger partial charge on any atom is -0.545 e. The average molecular weight is 259 g/mol. The summed E-state index contributed by atoms with van der Waals surface area (Å²) in [4.78, 5) is 11.6. The summed E-state index contributed by atoms with van der Waals surface area (Å²) in [5.74, 6) is -1.07. The van der Waals surface area contributed by atoms with Crippen LogP contribution in [0.2, 0.25) is 0 Å². The van der Waals surface area contributed by atoms with Crippen LogP contribution in [0.1, 0.15) is 15.9 Å². The normalized spacial score (nSPS) is 12.0. The average Bonchev–Trinajstić information content (AvgIpc) is 2.40. The maximum absolute atomic E-state index is 12.1. The smallest absolute Gasteiger partial charge is 0.0718 e. The highest BCUT2D eigenvalue weighted by atomic mass is 32.2. The topological polar surface area (TPSA) is 57.2 Å². The molecule has 2 aromatic rings. The molecule has 0 saturated heterocycles. The molecule has 2 rings (SSSR count). The van der Waals surface area contributed by atoms with Crippen LogP contribution in [0.15, 0.2) is 59.5 Å². The Labute approximate surface area is 108 Å². The van der Waals surface area contributed by atoms with Crippen molar-refractivity contribution >= 4 is 16.8 Å². The predicted octanol–water partition coefficient (Wildman–Crippen LogP) is 1.36. The summed E-state index contributed by atoms with van der Waals surface area (Å²) in [5, 5.41) is 10.9. The van der Waals surface area contributed by atoms with Crippen LogP contribution in [0, 0.1) is 0 Å². The van der Waals surface area contributed by atoms with Crippen LogP contribution in [-0.4, -0.2) is 10.2 Å².